The second-order valence-electron chi connectivity index (χ2n) is 5.07. The number of benzene rings is 3. The predicted molar refractivity (Wildman–Crippen MR) is 94.8 cm³/mol. The molecule has 0 aliphatic rings. The molecule has 0 atom stereocenters. The molecule has 0 aliphatic carbocycles. The number of fused-ring (bicyclic) bond motifs is 3. The van der Waals surface area contributed by atoms with Crippen LogP contribution in [0.5, 0.6) is 0 Å². The number of carbonyl (C=O) groups is 1. The first-order chi connectivity index (χ1) is 10.6. The number of hydrogen-bond donors (Lipinski definition) is 0. The first-order valence-corrected chi connectivity index (χ1v) is 7.88. The summed E-state index contributed by atoms with van der Waals surface area (Å²) in [7, 11) is 0. The topological polar surface area (TPSA) is 26.3 Å². The lowest BCUT2D eigenvalue weighted by Gasteiger charge is -2.09. The summed E-state index contributed by atoms with van der Waals surface area (Å²) < 4.78 is 6.07. The van der Waals surface area contributed by atoms with Gasteiger partial charge in [-0.3, -0.25) is 0 Å². The highest BCUT2D eigenvalue weighted by Gasteiger charge is 2.11. The van der Waals surface area contributed by atoms with Crippen LogP contribution in [-0.2, 0) is 9.53 Å². The first-order valence-electron chi connectivity index (χ1n) is 7.08. The van der Waals surface area contributed by atoms with E-state index in [1.54, 1.807) is 6.92 Å². The lowest BCUT2D eigenvalue weighted by Crippen LogP contribution is -2.05. The third-order valence-electron chi connectivity index (χ3n) is 3.67. The van der Waals surface area contributed by atoms with Crippen LogP contribution in [0, 0.1) is 0 Å². The standard InChI is InChI=1S/C19H15BrO2/c1-3-22-19(21)12(2)13-6-8-17-14(10-13)4-5-15-11-16(20)7-9-18(15)17/h4-11H,2-3H2,1H3. The minimum absolute atomic E-state index is 0.352. The summed E-state index contributed by atoms with van der Waals surface area (Å²) in [4.78, 5) is 11.8. The molecule has 3 aromatic carbocycles. The second-order valence-corrected chi connectivity index (χ2v) is 5.98. The van der Waals surface area contributed by atoms with Gasteiger partial charge in [0.15, 0.2) is 0 Å². The molecule has 0 aliphatic heterocycles. The molecule has 0 saturated carbocycles. The van der Waals surface area contributed by atoms with Gasteiger partial charge in [-0.25, -0.2) is 4.79 Å². The Morgan fingerprint density at radius 2 is 1.68 bits per heavy atom. The summed E-state index contributed by atoms with van der Waals surface area (Å²) in [5.41, 5.74) is 1.18. The first kappa shape index (κ1) is 14.8. The number of rotatable bonds is 3. The van der Waals surface area contributed by atoms with E-state index in [2.05, 4.69) is 46.8 Å². The van der Waals surface area contributed by atoms with Crippen molar-refractivity contribution >= 4 is 49.0 Å². The van der Waals surface area contributed by atoms with E-state index in [0.29, 0.717) is 12.2 Å². The van der Waals surface area contributed by atoms with Gasteiger partial charge in [0.1, 0.15) is 0 Å². The monoisotopic (exact) mass is 354 g/mol. The summed E-state index contributed by atoms with van der Waals surface area (Å²) in [6.07, 6.45) is 0. The number of esters is 1. The number of ether oxygens (including phenoxy) is 1. The van der Waals surface area contributed by atoms with Gasteiger partial charge < -0.3 is 4.74 Å². The van der Waals surface area contributed by atoms with Crippen molar-refractivity contribution < 1.29 is 9.53 Å². The Morgan fingerprint density at radius 1 is 1.05 bits per heavy atom. The summed E-state index contributed by atoms with van der Waals surface area (Å²) in [6, 6.07) is 16.3. The van der Waals surface area contributed by atoms with Gasteiger partial charge >= 0.3 is 5.97 Å². The molecule has 0 heterocycles. The SMILES string of the molecule is C=C(C(=O)OCC)c1ccc2c(ccc3cc(Br)ccc32)c1. The third-order valence-corrected chi connectivity index (χ3v) is 4.16. The normalized spacial score (nSPS) is 10.8. The van der Waals surface area contributed by atoms with Crippen LogP contribution in [0.2, 0.25) is 0 Å². The predicted octanol–water partition coefficient (Wildman–Crippen LogP) is 5.33. The fourth-order valence-electron chi connectivity index (χ4n) is 2.57. The molecule has 0 amide bonds. The van der Waals surface area contributed by atoms with Crippen LogP contribution < -0.4 is 0 Å². The second kappa shape index (κ2) is 5.93. The van der Waals surface area contributed by atoms with Crippen molar-refractivity contribution in [2.24, 2.45) is 0 Å². The fraction of sp³-hybridized carbons (Fsp3) is 0.105. The molecular weight excluding hydrogens is 340 g/mol. The molecule has 2 nitrogen and oxygen atoms in total. The molecule has 3 aromatic rings. The van der Waals surface area contributed by atoms with E-state index in [9.17, 15) is 4.79 Å². The quantitative estimate of drug-likeness (QED) is 0.361. The van der Waals surface area contributed by atoms with Gasteiger partial charge in [0.25, 0.3) is 0 Å². The fourth-order valence-corrected chi connectivity index (χ4v) is 2.94. The van der Waals surface area contributed by atoms with Crippen LogP contribution in [0.25, 0.3) is 27.1 Å². The van der Waals surface area contributed by atoms with Crippen LogP contribution >= 0.6 is 15.9 Å². The Balaban J connectivity index is 2.11. The van der Waals surface area contributed by atoms with Crippen molar-refractivity contribution in [2.75, 3.05) is 6.61 Å². The van der Waals surface area contributed by atoms with E-state index in [1.807, 2.05) is 24.3 Å². The highest BCUT2D eigenvalue weighted by Crippen LogP contribution is 2.29. The minimum Gasteiger partial charge on any atom is -0.462 e. The van der Waals surface area contributed by atoms with Gasteiger partial charge in [-0.15, -0.1) is 0 Å². The van der Waals surface area contributed by atoms with Crippen LogP contribution in [0.4, 0.5) is 0 Å². The molecular formula is C19H15BrO2. The molecule has 0 bridgehead atoms. The van der Waals surface area contributed by atoms with E-state index in [1.165, 1.54) is 10.8 Å². The van der Waals surface area contributed by atoms with E-state index in [-0.39, 0.29) is 5.97 Å². The van der Waals surface area contributed by atoms with Gasteiger partial charge in [-0.05, 0) is 52.2 Å². The largest absolute Gasteiger partial charge is 0.462 e. The van der Waals surface area contributed by atoms with Crippen molar-refractivity contribution in [3.05, 3.63) is 65.1 Å². The van der Waals surface area contributed by atoms with E-state index in [4.69, 9.17) is 4.74 Å². The Kier molecular flexibility index (Phi) is 3.99. The zero-order valence-corrected chi connectivity index (χ0v) is 13.8. The Bertz CT molecular complexity index is 896. The molecule has 0 spiro atoms. The summed E-state index contributed by atoms with van der Waals surface area (Å²) >= 11 is 3.49. The smallest absolute Gasteiger partial charge is 0.338 e. The summed E-state index contributed by atoms with van der Waals surface area (Å²) in [5, 5.41) is 4.61. The lowest BCUT2D eigenvalue weighted by atomic mass is 9.98. The Morgan fingerprint density at radius 3 is 2.36 bits per heavy atom. The van der Waals surface area contributed by atoms with E-state index < -0.39 is 0 Å². The van der Waals surface area contributed by atoms with Gasteiger partial charge in [0.2, 0.25) is 0 Å². The highest BCUT2D eigenvalue weighted by atomic mass is 79.9. The average Bonchev–Trinajstić information content (AvgIpc) is 2.53. The Hall–Kier alpha value is -2.13. The van der Waals surface area contributed by atoms with Crippen molar-refractivity contribution in [3.63, 3.8) is 0 Å². The van der Waals surface area contributed by atoms with Crippen molar-refractivity contribution in [2.45, 2.75) is 6.92 Å². The van der Waals surface area contributed by atoms with Crippen molar-refractivity contribution in [1.82, 2.24) is 0 Å². The average molecular weight is 355 g/mol. The Labute approximate surface area is 137 Å². The summed E-state index contributed by atoms with van der Waals surface area (Å²) in [5.74, 6) is -0.369. The van der Waals surface area contributed by atoms with Crippen molar-refractivity contribution in [1.29, 1.82) is 0 Å². The van der Waals surface area contributed by atoms with E-state index >= 15 is 0 Å². The molecule has 3 heteroatoms. The van der Waals surface area contributed by atoms with Gasteiger partial charge in [0, 0.05) is 4.47 Å². The minimum atomic E-state index is -0.369. The third kappa shape index (κ3) is 2.64. The molecule has 0 N–H and O–H groups in total. The van der Waals surface area contributed by atoms with E-state index in [0.717, 1.165) is 20.8 Å². The van der Waals surface area contributed by atoms with Crippen LogP contribution in [-0.4, -0.2) is 12.6 Å². The number of carbonyl (C=O) groups excluding carboxylic acids is 1. The molecule has 0 saturated heterocycles. The maximum absolute atomic E-state index is 11.8. The molecule has 0 fully saturated rings. The van der Waals surface area contributed by atoms with Crippen LogP contribution in [0.3, 0.4) is 0 Å². The highest BCUT2D eigenvalue weighted by molar-refractivity contribution is 9.10. The number of hydrogen-bond acceptors (Lipinski definition) is 2. The lowest BCUT2D eigenvalue weighted by molar-refractivity contribution is -0.136. The van der Waals surface area contributed by atoms with Crippen molar-refractivity contribution in [3.8, 4) is 0 Å². The molecule has 22 heavy (non-hydrogen) atoms. The van der Waals surface area contributed by atoms with Gasteiger partial charge in [-0.2, -0.15) is 0 Å². The maximum atomic E-state index is 11.8. The van der Waals surface area contributed by atoms with Crippen LogP contribution in [0.15, 0.2) is 59.6 Å². The zero-order chi connectivity index (χ0) is 15.7. The number of halogens is 1. The zero-order valence-electron chi connectivity index (χ0n) is 12.2. The molecule has 3 rings (SSSR count). The maximum Gasteiger partial charge on any atom is 0.338 e. The van der Waals surface area contributed by atoms with Crippen LogP contribution in [0.1, 0.15) is 12.5 Å². The molecule has 110 valence electrons. The van der Waals surface area contributed by atoms with Gasteiger partial charge in [0.05, 0.1) is 12.2 Å². The molecule has 0 unspecified atom stereocenters. The molecule has 0 aromatic heterocycles. The summed E-state index contributed by atoms with van der Waals surface area (Å²) in [6.45, 7) is 5.98. The van der Waals surface area contributed by atoms with Gasteiger partial charge in [-0.1, -0.05) is 52.8 Å². The molecule has 0 radical (unpaired) electrons.